The Labute approximate surface area is 225 Å². The number of nitrogens with zero attached hydrogens (tertiary/aromatic N) is 1. The molecule has 0 aliphatic rings. The molecule has 0 unspecified atom stereocenters. The first-order valence-corrected chi connectivity index (χ1v) is 12.0. The Morgan fingerprint density at radius 2 is 1.66 bits per heavy atom. The monoisotopic (exact) mass is 603 g/mol. The van der Waals surface area contributed by atoms with Gasteiger partial charge in [0, 0.05) is 15.7 Å². The summed E-state index contributed by atoms with van der Waals surface area (Å²) >= 11 is 8.57. The summed E-state index contributed by atoms with van der Waals surface area (Å²) < 4.78 is 67.6. The van der Waals surface area contributed by atoms with Gasteiger partial charge < -0.3 is 14.5 Å². The molecule has 2 N–H and O–H groups in total. The summed E-state index contributed by atoms with van der Waals surface area (Å²) in [6, 6.07) is 16.3. The van der Waals surface area contributed by atoms with Gasteiger partial charge in [-0.1, -0.05) is 40.2 Å². The number of carbonyl (C=O) groups is 1. The van der Waals surface area contributed by atoms with Gasteiger partial charge in [0.15, 0.2) is 28.1 Å². The SMILES string of the molecule is COc1c(F)c(F)c(C(=O)NC(=S)Nc2ccc3oc(-c4cccc5c(Br)cccc45)nc3c2)c(F)c1F. The molecule has 0 aliphatic heterocycles. The highest BCUT2D eigenvalue weighted by Crippen LogP contribution is 2.34. The first-order valence-electron chi connectivity index (χ1n) is 10.8. The van der Waals surface area contributed by atoms with E-state index in [1.54, 1.807) is 18.2 Å². The molecule has 192 valence electrons. The van der Waals surface area contributed by atoms with Gasteiger partial charge in [-0.2, -0.15) is 8.78 Å². The number of fused-ring (bicyclic) bond motifs is 2. The van der Waals surface area contributed by atoms with Crippen molar-refractivity contribution in [3.63, 3.8) is 0 Å². The van der Waals surface area contributed by atoms with E-state index >= 15 is 0 Å². The number of amides is 1. The number of methoxy groups -OCH3 is 1. The van der Waals surface area contributed by atoms with Crippen LogP contribution >= 0.6 is 28.1 Å². The molecule has 0 fully saturated rings. The number of hydrogen-bond donors (Lipinski definition) is 2. The van der Waals surface area contributed by atoms with Crippen molar-refractivity contribution in [1.29, 1.82) is 0 Å². The number of anilines is 1. The minimum absolute atomic E-state index is 0.358. The Morgan fingerprint density at radius 1 is 0.974 bits per heavy atom. The number of aromatic nitrogens is 1. The third-order valence-corrected chi connectivity index (χ3v) is 6.52. The Hall–Kier alpha value is -4.03. The fourth-order valence-electron chi connectivity index (χ4n) is 3.90. The Morgan fingerprint density at radius 3 is 2.37 bits per heavy atom. The molecule has 0 saturated carbocycles. The van der Waals surface area contributed by atoms with E-state index in [4.69, 9.17) is 16.6 Å². The van der Waals surface area contributed by atoms with Crippen LogP contribution in [0.25, 0.3) is 33.3 Å². The smallest absolute Gasteiger partial charge is 0.263 e. The van der Waals surface area contributed by atoms with E-state index in [1.165, 1.54) is 0 Å². The van der Waals surface area contributed by atoms with Crippen molar-refractivity contribution in [1.82, 2.24) is 10.3 Å². The van der Waals surface area contributed by atoms with Gasteiger partial charge in [-0.3, -0.25) is 10.1 Å². The van der Waals surface area contributed by atoms with Crippen LogP contribution in [0.3, 0.4) is 0 Å². The quantitative estimate of drug-likeness (QED) is 0.130. The highest BCUT2D eigenvalue weighted by molar-refractivity contribution is 9.10. The fourth-order valence-corrected chi connectivity index (χ4v) is 4.61. The maximum atomic E-state index is 14.2. The highest BCUT2D eigenvalue weighted by atomic mass is 79.9. The molecule has 5 rings (SSSR count). The number of oxazole rings is 1. The standard InChI is InChI=1S/C26H14BrF4N3O3S/c1-36-23-21(30)19(28)18(20(29)22(23)31)24(35)34-26(38)32-11-8-9-17-16(10-11)33-25(37-17)14-6-2-5-13-12(14)4-3-7-15(13)27/h2-10H,1H3,(H2,32,34,35,38). The second-order valence-electron chi connectivity index (χ2n) is 7.91. The van der Waals surface area contributed by atoms with E-state index in [0.29, 0.717) is 22.7 Å². The number of rotatable bonds is 4. The summed E-state index contributed by atoms with van der Waals surface area (Å²) in [4.78, 5) is 16.9. The number of carbonyl (C=O) groups excluding carboxylic acids is 1. The van der Waals surface area contributed by atoms with Crippen LogP contribution in [-0.2, 0) is 0 Å². The molecular formula is C26H14BrF4N3O3S. The van der Waals surface area contributed by atoms with E-state index in [-0.39, 0.29) is 5.11 Å². The number of hydrogen-bond acceptors (Lipinski definition) is 5. The highest BCUT2D eigenvalue weighted by Gasteiger charge is 2.30. The van der Waals surface area contributed by atoms with Crippen LogP contribution in [0.2, 0.25) is 0 Å². The van der Waals surface area contributed by atoms with Crippen LogP contribution in [0.1, 0.15) is 10.4 Å². The molecule has 12 heteroatoms. The van der Waals surface area contributed by atoms with Gasteiger partial charge in [0.2, 0.25) is 17.5 Å². The molecule has 0 aliphatic carbocycles. The molecule has 5 aromatic rings. The predicted molar refractivity (Wildman–Crippen MR) is 141 cm³/mol. The lowest BCUT2D eigenvalue weighted by molar-refractivity contribution is 0.0966. The molecule has 1 heterocycles. The maximum Gasteiger partial charge on any atom is 0.263 e. The van der Waals surface area contributed by atoms with Crippen molar-refractivity contribution in [3.8, 4) is 17.2 Å². The Balaban J connectivity index is 1.38. The molecule has 6 nitrogen and oxygen atoms in total. The van der Waals surface area contributed by atoms with Crippen LogP contribution in [0.5, 0.6) is 5.75 Å². The minimum Gasteiger partial charge on any atom is -0.491 e. The van der Waals surface area contributed by atoms with E-state index in [9.17, 15) is 22.4 Å². The predicted octanol–water partition coefficient (Wildman–Crippen LogP) is 7.10. The van der Waals surface area contributed by atoms with Crippen molar-refractivity contribution in [2.75, 3.05) is 12.4 Å². The summed E-state index contributed by atoms with van der Waals surface area (Å²) in [5.41, 5.74) is 0.586. The van der Waals surface area contributed by atoms with Crippen molar-refractivity contribution in [2.24, 2.45) is 0 Å². The van der Waals surface area contributed by atoms with E-state index in [2.05, 4.69) is 31.0 Å². The molecular weight excluding hydrogens is 590 g/mol. The Kier molecular flexibility index (Phi) is 6.76. The number of benzene rings is 4. The van der Waals surface area contributed by atoms with Crippen molar-refractivity contribution in [3.05, 3.63) is 87.9 Å². The van der Waals surface area contributed by atoms with Crippen molar-refractivity contribution < 1.29 is 31.5 Å². The van der Waals surface area contributed by atoms with Crippen molar-refractivity contribution in [2.45, 2.75) is 0 Å². The summed E-state index contributed by atoms with van der Waals surface area (Å²) in [5, 5.41) is 6.20. The molecule has 38 heavy (non-hydrogen) atoms. The maximum absolute atomic E-state index is 14.2. The number of thiocarbonyl (C=S) groups is 1. The van der Waals surface area contributed by atoms with Crippen LogP contribution in [0.4, 0.5) is 23.2 Å². The van der Waals surface area contributed by atoms with Gasteiger partial charge in [0.1, 0.15) is 11.1 Å². The average molecular weight is 604 g/mol. The summed E-state index contributed by atoms with van der Waals surface area (Å²) in [6.07, 6.45) is 0. The summed E-state index contributed by atoms with van der Waals surface area (Å²) in [7, 11) is 0.828. The molecule has 1 amide bonds. The van der Waals surface area contributed by atoms with Gasteiger partial charge in [-0.05, 0) is 53.3 Å². The lowest BCUT2D eigenvalue weighted by Crippen LogP contribution is -2.35. The molecule has 0 saturated heterocycles. The van der Waals surface area contributed by atoms with Gasteiger partial charge in [-0.15, -0.1) is 0 Å². The zero-order valence-corrected chi connectivity index (χ0v) is 21.6. The van der Waals surface area contributed by atoms with Crippen LogP contribution in [0, 0.1) is 23.3 Å². The second kappa shape index (κ2) is 10.0. The van der Waals surface area contributed by atoms with Crippen LogP contribution in [0.15, 0.2) is 63.5 Å². The van der Waals surface area contributed by atoms with Crippen LogP contribution in [-0.4, -0.2) is 23.1 Å². The molecule has 0 spiro atoms. The molecule has 0 radical (unpaired) electrons. The largest absolute Gasteiger partial charge is 0.491 e. The lowest BCUT2D eigenvalue weighted by Gasteiger charge is -2.12. The number of ether oxygens (including phenoxy) is 1. The molecule has 0 atom stereocenters. The summed E-state index contributed by atoms with van der Waals surface area (Å²) in [6.45, 7) is 0. The third kappa shape index (κ3) is 4.45. The first kappa shape index (κ1) is 25.6. The fraction of sp³-hybridized carbons (Fsp3) is 0.0385. The van der Waals surface area contributed by atoms with Gasteiger partial charge in [-0.25, -0.2) is 13.8 Å². The van der Waals surface area contributed by atoms with Gasteiger partial charge in [0.25, 0.3) is 5.91 Å². The second-order valence-corrected chi connectivity index (χ2v) is 9.18. The lowest BCUT2D eigenvalue weighted by atomic mass is 10.0. The minimum atomic E-state index is -1.92. The topological polar surface area (TPSA) is 76.4 Å². The zero-order chi connectivity index (χ0) is 27.1. The van der Waals surface area contributed by atoms with E-state index in [1.807, 2.05) is 41.7 Å². The molecule has 1 aromatic heterocycles. The van der Waals surface area contributed by atoms with Gasteiger partial charge in [0.05, 0.1) is 7.11 Å². The zero-order valence-electron chi connectivity index (χ0n) is 19.2. The van der Waals surface area contributed by atoms with E-state index in [0.717, 1.165) is 27.9 Å². The first-order chi connectivity index (χ1) is 18.2. The Bertz CT molecular complexity index is 1750. The number of nitrogens with one attached hydrogen (secondary N) is 2. The van der Waals surface area contributed by atoms with Gasteiger partial charge >= 0.3 is 0 Å². The number of halogens is 5. The normalized spacial score (nSPS) is 11.1. The van der Waals surface area contributed by atoms with E-state index < -0.39 is 40.5 Å². The summed E-state index contributed by atoms with van der Waals surface area (Å²) in [5.74, 6) is -9.93. The van der Waals surface area contributed by atoms with Crippen LogP contribution < -0.4 is 15.4 Å². The molecule has 4 aromatic carbocycles. The van der Waals surface area contributed by atoms with Crippen molar-refractivity contribution >= 4 is 66.7 Å². The molecule has 0 bridgehead atoms. The third-order valence-electron chi connectivity index (χ3n) is 5.63. The average Bonchev–Trinajstić information content (AvgIpc) is 3.31.